The molecule has 110 valence electrons. The zero-order valence-corrected chi connectivity index (χ0v) is 13.3. The van der Waals surface area contributed by atoms with Gasteiger partial charge in [0.15, 0.2) is 0 Å². The van der Waals surface area contributed by atoms with E-state index in [0.29, 0.717) is 5.41 Å². The highest BCUT2D eigenvalue weighted by atomic mass is 35.5. The van der Waals surface area contributed by atoms with Gasteiger partial charge in [0.25, 0.3) is 0 Å². The van der Waals surface area contributed by atoms with Crippen LogP contribution in [0.3, 0.4) is 0 Å². The van der Waals surface area contributed by atoms with E-state index in [9.17, 15) is 4.39 Å². The van der Waals surface area contributed by atoms with Crippen molar-refractivity contribution in [1.29, 1.82) is 0 Å². The molecule has 20 heavy (non-hydrogen) atoms. The number of rotatable bonds is 3. The first-order valence-corrected chi connectivity index (χ1v) is 7.83. The van der Waals surface area contributed by atoms with Crippen LogP contribution >= 0.6 is 11.6 Å². The van der Waals surface area contributed by atoms with Gasteiger partial charge in [-0.25, -0.2) is 4.39 Å². The fourth-order valence-electron chi connectivity index (χ4n) is 3.67. The van der Waals surface area contributed by atoms with Crippen LogP contribution in [0.25, 0.3) is 0 Å². The van der Waals surface area contributed by atoms with Gasteiger partial charge in [-0.05, 0) is 63.5 Å². The lowest BCUT2D eigenvalue weighted by Gasteiger charge is -2.50. The highest BCUT2D eigenvalue weighted by Gasteiger charge is 2.61. The van der Waals surface area contributed by atoms with Crippen LogP contribution in [0.5, 0.6) is 0 Å². The zero-order chi connectivity index (χ0) is 14.6. The van der Waals surface area contributed by atoms with Crippen LogP contribution in [0.1, 0.15) is 52.0 Å². The Kier molecular flexibility index (Phi) is 3.19. The highest BCUT2D eigenvalue weighted by Crippen LogP contribution is 2.69. The Morgan fingerprint density at radius 1 is 1.25 bits per heavy atom. The van der Waals surface area contributed by atoms with E-state index in [1.54, 1.807) is 6.07 Å². The molecule has 2 aliphatic rings. The van der Waals surface area contributed by atoms with Gasteiger partial charge in [-0.15, -0.1) is 0 Å². The molecular formula is C17H23ClFN. The molecule has 0 aromatic heterocycles. The van der Waals surface area contributed by atoms with Crippen molar-refractivity contribution in [3.05, 3.63) is 34.6 Å². The standard InChI is InChI=1S/C17H23ClFN/c1-15(2,3)20-11-17(9-16(10-17)7-8-16)12-5-4-6-13(18)14(12)19/h4-6,20H,7-11H2,1-3H3. The van der Waals surface area contributed by atoms with Crippen LogP contribution < -0.4 is 5.32 Å². The monoisotopic (exact) mass is 295 g/mol. The summed E-state index contributed by atoms with van der Waals surface area (Å²) in [5, 5.41) is 3.81. The molecule has 0 heterocycles. The highest BCUT2D eigenvalue weighted by molar-refractivity contribution is 6.30. The van der Waals surface area contributed by atoms with Crippen molar-refractivity contribution < 1.29 is 4.39 Å². The zero-order valence-electron chi connectivity index (χ0n) is 12.5. The van der Waals surface area contributed by atoms with Gasteiger partial charge in [-0.1, -0.05) is 23.7 Å². The lowest BCUT2D eigenvalue weighted by atomic mass is 9.56. The molecule has 1 nitrogen and oxygen atoms in total. The molecule has 1 aromatic rings. The summed E-state index contributed by atoms with van der Waals surface area (Å²) in [5.41, 5.74) is 1.31. The minimum absolute atomic E-state index is 0.0500. The van der Waals surface area contributed by atoms with Crippen molar-refractivity contribution in [2.24, 2.45) is 5.41 Å². The molecular weight excluding hydrogens is 273 g/mol. The minimum atomic E-state index is -0.222. The van der Waals surface area contributed by atoms with Crippen LogP contribution in [0.15, 0.2) is 18.2 Å². The number of benzene rings is 1. The van der Waals surface area contributed by atoms with Gasteiger partial charge in [0.05, 0.1) is 5.02 Å². The molecule has 1 spiro atoms. The topological polar surface area (TPSA) is 12.0 Å². The number of nitrogens with one attached hydrogen (secondary N) is 1. The number of hydrogen-bond donors (Lipinski definition) is 1. The third-order valence-electron chi connectivity index (χ3n) is 4.86. The fourth-order valence-corrected chi connectivity index (χ4v) is 3.85. The average molecular weight is 296 g/mol. The summed E-state index contributed by atoms with van der Waals surface area (Å²) in [6, 6.07) is 5.43. The second-order valence-corrected chi connectivity index (χ2v) is 8.25. The Morgan fingerprint density at radius 2 is 1.90 bits per heavy atom. The Labute approximate surface area is 125 Å². The normalized spacial score (nSPS) is 22.6. The summed E-state index contributed by atoms with van der Waals surface area (Å²) in [5.74, 6) is -0.222. The second-order valence-electron chi connectivity index (χ2n) is 7.84. The molecule has 1 N–H and O–H groups in total. The van der Waals surface area contributed by atoms with E-state index in [2.05, 4.69) is 26.1 Å². The second kappa shape index (κ2) is 4.45. The first kappa shape index (κ1) is 14.3. The SMILES string of the molecule is CC(C)(C)NCC1(c2cccc(Cl)c2F)CC2(CC2)C1. The Morgan fingerprint density at radius 3 is 2.45 bits per heavy atom. The number of halogens is 2. The van der Waals surface area contributed by atoms with Crippen LogP contribution in [0, 0.1) is 11.2 Å². The van der Waals surface area contributed by atoms with Crippen molar-refractivity contribution in [1.82, 2.24) is 5.32 Å². The summed E-state index contributed by atoms with van der Waals surface area (Å²) >= 11 is 5.98. The molecule has 3 rings (SSSR count). The molecule has 1 aromatic carbocycles. The van der Waals surface area contributed by atoms with E-state index in [-0.39, 0.29) is 21.8 Å². The predicted molar refractivity (Wildman–Crippen MR) is 81.7 cm³/mol. The summed E-state index contributed by atoms with van der Waals surface area (Å²) in [6.45, 7) is 7.29. The molecule has 0 aliphatic heterocycles. The molecule has 0 saturated heterocycles. The van der Waals surface area contributed by atoms with Gasteiger partial charge in [0.2, 0.25) is 0 Å². The van der Waals surface area contributed by atoms with Crippen molar-refractivity contribution in [2.75, 3.05) is 6.54 Å². The van der Waals surface area contributed by atoms with Gasteiger partial charge < -0.3 is 5.32 Å². The minimum Gasteiger partial charge on any atom is -0.311 e. The lowest BCUT2D eigenvalue weighted by molar-refractivity contribution is 0.104. The largest absolute Gasteiger partial charge is 0.311 e. The Bertz CT molecular complexity index is 520. The molecule has 0 bridgehead atoms. The van der Waals surface area contributed by atoms with Gasteiger partial charge >= 0.3 is 0 Å². The lowest BCUT2D eigenvalue weighted by Crippen LogP contribution is -2.53. The smallest absolute Gasteiger partial charge is 0.145 e. The molecule has 2 aliphatic carbocycles. The van der Waals surface area contributed by atoms with E-state index in [1.807, 2.05) is 12.1 Å². The molecule has 0 radical (unpaired) electrons. The van der Waals surface area contributed by atoms with Gasteiger partial charge in [0.1, 0.15) is 5.82 Å². The maximum Gasteiger partial charge on any atom is 0.145 e. The van der Waals surface area contributed by atoms with E-state index in [0.717, 1.165) is 24.9 Å². The van der Waals surface area contributed by atoms with E-state index in [1.165, 1.54) is 12.8 Å². The molecule has 2 saturated carbocycles. The Balaban J connectivity index is 1.88. The summed E-state index contributed by atoms with van der Waals surface area (Å²) in [6.07, 6.45) is 4.82. The van der Waals surface area contributed by atoms with Crippen LogP contribution in [-0.4, -0.2) is 12.1 Å². The first-order valence-electron chi connectivity index (χ1n) is 7.45. The first-order chi connectivity index (χ1) is 9.25. The van der Waals surface area contributed by atoms with Crippen LogP contribution in [0.4, 0.5) is 4.39 Å². The van der Waals surface area contributed by atoms with Crippen molar-refractivity contribution in [3.8, 4) is 0 Å². The molecule has 0 unspecified atom stereocenters. The summed E-state index contributed by atoms with van der Waals surface area (Å²) in [7, 11) is 0. The maximum absolute atomic E-state index is 14.5. The van der Waals surface area contributed by atoms with Crippen molar-refractivity contribution in [3.63, 3.8) is 0 Å². The van der Waals surface area contributed by atoms with Gasteiger partial charge in [-0.2, -0.15) is 0 Å². The average Bonchev–Trinajstić information content (AvgIpc) is 3.08. The van der Waals surface area contributed by atoms with Crippen LogP contribution in [-0.2, 0) is 5.41 Å². The molecule has 0 atom stereocenters. The fraction of sp³-hybridized carbons (Fsp3) is 0.647. The van der Waals surface area contributed by atoms with E-state index in [4.69, 9.17) is 11.6 Å². The van der Waals surface area contributed by atoms with Gasteiger partial charge in [-0.3, -0.25) is 0 Å². The third kappa shape index (κ3) is 2.48. The van der Waals surface area contributed by atoms with Crippen molar-refractivity contribution >= 4 is 11.6 Å². The van der Waals surface area contributed by atoms with Crippen LogP contribution in [0.2, 0.25) is 5.02 Å². The van der Waals surface area contributed by atoms with Crippen molar-refractivity contribution in [2.45, 2.75) is 57.4 Å². The van der Waals surface area contributed by atoms with E-state index < -0.39 is 0 Å². The summed E-state index contributed by atoms with van der Waals surface area (Å²) in [4.78, 5) is 0. The number of hydrogen-bond acceptors (Lipinski definition) is 1. The molecule has 3 heteroatoms. The molecule has 2 fully saturated rings. The molecule has 0 amide bonds. The quantitative estimate of drug-likeness (QED) is 0.854. The van der Waals surface area contributed by atoms with Gasteiger partial charge in [0, 0.05) is 17.5 Å². The summed E-state index contributed by atoms with van der Waals surface area (Å²) < 4.78 is 14.5. The third-order valence-corrected chi connectivity index (χ3v) is 5.16. The predicted octanol–water partition coefficient (Wildman–Crippen LogP) is 4.68. The maximum atomic E-state index is 14.5. The van der Waals surface area contributed by atoms with E-state index >= 15 is 0 Å². The Hall–Kier alpha value is -0.600.